The first-order valence-electron chi connectivity index (χ1n) is 6.68. The van der Waals surface area contributed by atoms with Crippen LogP contribution in [0.1, 0.15) is 45.3 Å². The van der Waals surface area contributed by atoms with E-state index in [0.717, 1.165) is 6.42 Å². The molecule has 0 fully saturated rings. The Morgan fingerprint density at radius 1 is 1.32 bits per heavy atom. The summed E-state index contributed by atoms with van der Waals surface area (Å²) in [6, 6.07) is 5.63. The van der Waals surface area contributed by atoms with Gasteiger partial charge in [-0.05, 0) is 37.5 Å². The van der Waals surface area contributed by atoms with Gasteiger partial charge in [0.25, 0.3) is 0 Å². The zero-order valence-electron chi connectivity index (χ0n) is 11.7. The average Bonchev–Trinajstić information content (AvgIpc) is 2.38. The van der Waals surface area contributed by atoms with Crippen molar-refractivity contribution in [2.45, 2.75) is 45.8 Å². The van der Waals surface area contributed by atoms with Crippen molar-refractivity contribution in [3.05, 3.63) is 35.6 Å². The van der Waals surface area contributed by atoms with E-state index in [9.17, 15) is 14.3 Å². The summed E-state index contributed by atoms with van der Waals surface area (Å²) in [6.45, 7) is 5.69. The first-order valence-corrected chi connectivity index (χ1v) is 6.68. The van der Waals surface area contributed by atoms with Crippen LogP contribution in [-0.2, 0) is 4.79 Å². The van der Waals surface area contributed by atoms with E-state index in [1.807, 2.05) is 20.8 Å². The molecule has 106 valence electrons. The average molecular weight is 267 g/mol. The molecular formula is C15H22FNO2. The zero-order chi connectivity index (χ0) is 14.4. The molecule has 3 nitrogen and oxygen atoms in total. The Bertz CT molecular complexity index is 405. The number of hydrogen-bond donors (Lipinski definition) is 2. The Balaban J connectivity index is 2.50. The van der Waals surface area contributed by atoms with E-state index in [-0.39, 0.29) is 23.7 Å². The molecule has 4 heteroatoms. The minimum Gasteiger partial charge on any atom is -0.388 e. The van der Waals surface area contributed by atoms with Crippen LogP contribution in [0.2, 0.25) is 0 Å². The molecule has 0 aliphatic heterocycles. The van der Waals surface area contributed by atoms with Crippen molar-refractivity contribution in [2.24, 2.45) is 5.92 Å². The molecule has 0 spiro atoms. The van der Waals surface area contributed by atoms with Crippen LogP contribution < -0.4 is 5.32 Å². The molecular weight excluding hydrogens is 245 g/mol. The van der Waals surface area contributed by atoms with Gasteiger partial charge in [0, 0.05) is 12.0 Å². The number of carbonyl (C=O) groups is 1. The smallest absolute Gasteiger partial charge is 0.223 e. The van der Waals surface area contributed by atoms with Crippen LogP contribution in [-0.4, -0.2) is 17.1 Å². The molecule has 0 saturated heterocycles. The van der Waals surface area contributed by atoms with Crippen molar-refractivity contribution in [1.29, 1.82) is 0 Å². The molecule has 3 atom stereocenters. The second kappa shape index (κ2) is 7.24. The van der Waals surface area contributed by atoms with Crippen LogP contribution in [0.25, 0.3) is 0 Å². The summed E-state index contributed by atoms with van der Waals surface area (Å²) in [5.74, 6) is -0.346. The Morgan fingerprint density at radius 2 is 1.89 bits per heavy atom. The fraction of sp³-hybridized carbons (Fsp3) is 0.533. The minimum absolute atomic E-state index is 0.00121. The number of rotatable bonds is 6. The maximum Gasteiger partial charge on any atom is 0.223 e. The van der Waals surface area contributed by atoms with Gasteiger partial charge in [0.05, 0.1) is 6.10 Å². The van der Waals surface area contributed by atoms with Gasteiger partial charge < -0.3 is 10.4 Å². The lowest BCUT2D eigenvalue weighted by Crippen LogP contribution is -2.37. The largest absolute Gasteiger partial charge is 0.388 e. The highest BCUT2D eigenvalue weighted by molar-refractivity contribution is 5.78. The number of nitrogens with one attached hydrogen (secondary N) is 1. The number of hydrogen-bond acceptors (Lipinski definition) is 2. The van der Waals surface area contributed by atoms with Gasteiger partial charge in [-0.2, -0.15) is 0 Å². The zero-order valence-corrected chi connectivity index (χ0v) is 11.7. The highest BCUT2D eigenvalue weighted by atomic mass is 19.1. The van der Waals surface area contributed by atoms with Gasteiger partial charge in [-0.15, -0.1) is 0 Å². The van der Waals surface area contributed by atoms with Crippen molar-refractivity contribution in [3.8, 4) is 0 Å². The van der Waals surface area contributed by atoms with Gasteiger partial charge in [-0.3, -0.25) is 4.79 Å². The van der Waals surface area contributed by atoms with Crippen molar-refractivity contribution >= 4 is 5.91 Å². The summed E-state index contributed by atoms with van der Waals surface area (Å²) < 4.78 is 12.8. The quantitative estimate of drug-likeness (QED) is 0.832. The molecule has 19 heavy (non-hydrogen) atoms. The van der Waals surface area contributed by atoms with Crippen LogP contribution in [0.5, 0.6) is 0 Å². The van der Waals surface area contributed by atoms with Crippen LogP contribution in [0.4, 0.5) is 4.39 Å². The molecule has 0 heterocycles. The summed E-state index contributed by atoms with van der Waals surface area (Å²) in [7, 11) is 0. The summed E-state index contributed by atoms with van der Waals surface area (Å²) in [5.41, 5.74) is 0.658. The Kier molecular flexibility index (Phi) is 5.96. The third-order valence-electron chi connectivity index (χ3n) is 3.28. The molecule has 3 unspecified atom stereocenters. The van der Waals surface area contributed by atoms with Gasteiger partial charge in [0.2, 0.25) is 5.91 Å². The predicted octanol–water partition coefficient (Wildman–Crippen LogP) is 2.80. The monoisotopic (exact) mass is 267 g/mol. The minimum atomic E-state index is -0.701. The lowest BCUT2D eigenvalue weighted by molar-refractivity contribution is -0.125. The van der Waals surface area contributed by atoms with Gasteiger partial charge in [0.15, 0.2) is 0 Å². The van der Waals surface area contributed by atoms with E-state index in [0.29, 0.717) is 12.0 Å². The number of carbonyl (C=O) groups excluding carboxylic acids is 1. The lowest BCUT2D eigenvalue weighted by atomic mass is 10.0. The molecule has 0 aliphatic carbocycles. The summed E-state index contributed by atoms with van der Waals surface area (Å²) >= 11 is 0. The molecule has 1 aromatic carbocycles. The maximum atomic E-state index is 12.8. The standard InChI is InChI=1S/C15H22FNO2/c1-4-10(2)15(19)17-11(3)9-14(18)12-5-7-13(16)8-6-12/h5-8,10-11,14,18H,4,9H2,1-3H3,(H,17,19). The molecule has 0 aliphatic rings. The number of benzene rings is 1. The predicted molar refractivity (Wildman–Crippen MR) is 73.0 cm³/mol. The molecule has 2 N–H and O–H groups in total. The third-order valence-corrected chi connectivity index (χ3v) is 3.28. The van der Waals surface area contributed by atoms with Crippen LogP contribution in [0, 0.1) is 11.7 Å². The Morgan fingerprint density at radius 3 is 2.42 bits per heavy atom. The van der Waals surface area contributed by atoms with E-state index in [4.69, 9.17) is 0 Å². The van der Waals surface area contributed by atoms with E-state index in [2.05, 4.69) is 5.32 Å². The fourth-order valence-corrected chi connectivity index (χ4v) is 1.79. The first kappa shape index (κ1) is 15.6. The topological polar surface area (TPSA) is 49.3 Å². The van der Waals surface area contributed by atoms with Gasteiger partial charge in [0.1, 0.15) is 5.82 Å². The summed E-state index contributed by atoms with van der Waals surface area (Å²) in [6.07, 6.45) is 0.500. The fourth-order valence-electron chi connectivity index (χ4n) is 1.79. The first-order chi connectivity index (χ1) is 8.93. The molecule has 1 rings (SSSR count). The van der Waals surface area contributed by atoms with Crippen molar-refractivity contribution in [2.75, 3.05) is 0 Å². The van der Waals surface area contributed by atoms with Crippen LogP contribution in [0.3, 0.4) is 0 Å². The number of aliphatic hydroxyl groups is 1. The summed E-state index contributed by atoms with van der Waals surface area (Å²) in [5, 5.41) is 12.9. The normalized spacial score (nSPS) is 15.6. The van der Waals surface area contributed by atoms with Crippen molar-refractivity contribution in [3.63, 3.8) is 0 Å². The van der Waals surface area contributed by atoms with Crippen LogP contribution in [0.15, 0.2) is 24.3 Å². The molecule has 0 aromatic heterocycles. The van der Waals surface area contributed by atoms with Gasteiger partial charge in [-0.25, -0.2) is 4.39 Å². The Labute approximate surface area is 113 Å². The van der Waals surface area contributed by atoms with Crippen molar-refractivity contribution < 1.29 is 14.3 Å². The highest BCUT2D eigenvalue weighted by Crippen LogP contribution is 2.18. The Hall–Kier alpha value is -1.42. The number of amides is 1. The van der Waals surface area contributed by atoms with Gasteiger partial charge >= 0.3 is 0 Å². The van der Waals surface area contributed by atoms with E-state index in [1.165, 1.54) is 12.1 Å². The SMILES string of the molecule is CCC(C)C(=O)NC(C)CC(O)c1ccc(F)cc1. The van der Waals surface area contributed by atoms with Crippen molar-refractivity contribution in [1.82, 2.24) is 5.32 Å². The molecule has 0 bridgehead atoms. The third kappa shape index (κ3) is 4.99. The van der Waals surface area contributed by atoms with Crippen LogP contribution >= 0.6 is 0 Å². The molecule has 1 aromatic rings. The summed E-state index contributed by atoms with van der Waals surface area (Å²) in [4.78, 5) is 11.7. The van der Waals surface area contributed by atoms with E-state index < -0.39 is 6.10 Å². The highest BCUT2D eigenvalue weighted by Gasteiger charge is 2.17. The molecule has 0 saturated carbocycles. The maximum absolute atomic E-state index is 12.8. The second-order valence-corrected chi connectivity index (χ2v) is 5.02. The molecule has 1 amide bonds. The van der Waals surface area contributed by atoms with E-state index >= 15 is 0 Å². The number of halogens is 1. The van der Waals surface area contributed by atoms with E-state index in [1.54, 1.807) is 12.1 Å². The molecule has 0 radical (unpaired) electrons. The van der Waals surface area contributed by atoms with Gasteiger partial charge in [-0.1, -0.05) is 26.0 Å². The second-order valence-electron chi connectivity index (χ2n) is 5.02. The number of aliphatic hydroxyl groups excluding tert-OH is 1. The lowest BCUT2D eigenvalue weighted by Gasteiger charge is -2.20.